The van der Waals surface area contributed by atoms with E-state index in [0.717, 1.165) is 33.0 Å². The number of para-hydroxylation sites is 2. The third-order valence-electron chi connectivity index (χ3n) is 5.14. The van der Waals surface area contributed by atoms with Gasteiger partial charge in [0.05, 0.1) is 22.9 Å². The molecule has 0 radical (unpaired) electrons. The van der Waals surface area contributed by atoms with Gasteiger partial charge in [0.1, 0.15) is 16.5 Å². The molecule has 2 N–H and O–H groups in total. The van der Waals surface area contributed by atoms with E-state index in [-0.39, 0.29) is 6.04 Å². The Labute approximate surface area is 196 Å². The van der Waals surface area contributed by atoms with Gasteiger partial charge in [0, 0.05) is 13.0 Å². The van der Waals surface area contributed by atoms with E-state index in [2.05, 4.69) is 11.4 Å². The van der Waals surface area contributed by atoms with Gasteiger partial charge in [-0.2, -0.15) is 0 Å². The van der Waals surface area contributed by atoms with Gasteiger partial charge in [-0.1, -0.05) is 42.5 Å². The molecule has 0 fully saturated rings. The lowest BCUT2D eigenvalue weighted by Crippen LogP contribution is -2.24. The number of nitrogens with zero attached hydrogens (tertiary/aromatic N) is 1. The SMILES string of the molecule is CC(Oc1cccc(CNC(CCOc2ccccc2)c2nc3ccccc3s2)c1)C(=O)O. The highest BCUT2D eigenvalue weighted by atomic mass is 32.1. The fourth-order valence-corrected chi connectivity index (χ4v) is 4.47. The Bertz CT molecular complexity index is 1160. The van der Waals surface area contributed by atoms with Gasteiger partial charge in [0.25, 0.3) is 0 Å². The summed E-state index contributed by atoms with van der Waals surface area (Å²) in [5, 5.41) is 13.7. The molecule has 2 atom stereocenters. The number of benzene rings is 3. The minimum absolute atomic E-state index is 0.00799. The first-order valence-corrected chi connectivity index (χ1v) is 11.7. The van der Waals surface area contributed by atoms with Crippen molar-refractivity contribution in [3.05, 3.63) is 89.4 Å². The van der Waals surface area contributed by atoms with E-state index in [1.54, 1.807) is 17.4 Å². The van der Waals surface area contributed by atoms with E-state index in [9.17, 15) is 4.79 Å². The maximum absolute atomic E-state index is 11.1. The average molecular weight is 463 g/mol. The van der Waals surface area contributed by atoms with Crippen LogP contribution in [0.1, 0.15) is 30.0 Å². The van der Waals surface area contributed by atoms with Gasteiger partial charge < -0.3 is 19.9 Å². The summed E-state index contributed by atoms with van der Waals surface area (Å²) in [5.41, 5.74) is 1.99. The maximum Gasteiger partial charge on any atom is 0.344 e. The van der Waals surface area contributed by atoms with Crippen LogP contribution in [0.25, 0.3) is 10.2 Å². The quantitative estimate of drug-likeness (QED) is 0.309. The Morgan fingerprint density at radius 1 is 1.03 bits per heavy atom. The van der Waals surface area contributed by atoms with Gasteiger partial charge in [0.15, 0.2) is 6.10 Å². The van der Waals surface area contributed by atoms with Crippen molar-refractivity contribution < 1.29 is 19.4 Å². The van der Waals surface area contributed by atoms with Crippen molar-refractivity contribution in [1.29, 1.82) is 0 Å². The zero-order valence-electron chi connectivity index (χ0n) is 18.3. The molecule has 0 spiro atoms. The lowest BCUT2D eigenvalue weighted by Gasteiger charge is -2.18. The highest BCUT2D eigenvalue weighted by molar-refractivity contribution is 7.18. The van der Waals surface area contributed by atoms with Gasteiger partial charge in [0.2, 0.25) is 0 Å². The average Bonchev–Trinajstić information content (AvgIpc) is 3.26. The number of aromatic nitrogens is 1. The molecule has 3 aromatic carbocycles. The normalized spacial score (nSPS) is 12.9. The van der Waals surface area contributed by atoms with Crippen LogP contribution < -0.4 is 14.8 Å². The Balaban J connectivity index is 1.45. The molecule has 0 saturated heterocycles. The molecule has 0 saturated carbocycles. The number of ether oxygens (including phenoxy) is 2. The predicted molar refractivity (Wildman–Crippen MR) is 130 cm³/mol. The summed E-state index contributed by atoms with van der Waals surface area (Å²) in [6, 6.07) is 25.4. The van der Waals surface area contributed by atoms with Gasteiger partial charge in [-0.15, -0.1) is 11.3 Å². The molecule has 4 rings (SSSR count). The number of thiazole rings is 1. The number of nitrogens with one attached hydrogen (secondary N) is 1. The van der Waals surface area contributed by atoms with E-state index < -0.39 is 12.1 Å². The largest absolute Gasteiger partial charge is 0.494 e. The standard InChI is InChI=1S/C26H26N2O4S/c1-18(26(29)30)32-21-11-7-8-19(16-21)17-27-23(14-15-31-20-9-3-2-4-10-20)25-28-22-12-5-6-13-24(22)33-25/h2-13,16,18,23,27H,14-15,17H2,1H3,(H,29,30). The molecule has 0 aliphatic carbocycles. The second kappa shape index (κ2) is 10.9. The third kappa shape index (κ3) is 6.31. The van der Waals surface area contributed by atoms with Crippen molar-refractivity contribution >= 4 is 27.5 Å². The minimum Gasteiger partial charge on any atom is -0.494 e. The summed E-state index contributed by atoms with van der Waals surface area (Å²) in [6.45, 7) is 2.66. The van der Waals surface area contributed by atoms with Crippen molar-refractivity contribution in [2.75, 3.05) is 6.61 Å². The van der Waals surface area contributed by atoms with Crippen molar-refractivity contribution in [3.63, 3.8) is 0 Å². The second-order valence-electron chi connectivity index (χ2n) is 7.65. The molecule has 0 bridgehead atoms. The van der Waals surface area contributed by atoms with E-state index in [1.807, 2.05) is 66.7 Å². The molecule has 4 aromatic rings. The summed E-state index contributed by atoms with van der Waals surface area (Å²) in [5.74, 6) is 0.388. The molecule has 1 aromatic heterocycles. The fraction of sp³-hybridized carbons (Fsp3) is 0.231. The van der Waals surface area contributed by atoms with Crippen molar-refractivity contribution in [2.24, 2.45) is 0 Å². The number of carbonyl (C=O) groups is 1. The first-order chi connectivity index (χ1) is 16.1. The number of fused-ring (bicyclic) bond motifs is 1. The van der Waals surface area contributed by atoms with Gasteiger partial charge in [-0.3, -0.25) is 0 Å². The number of aliphatic carboxylic acids is 1. The predicted octanol–water partition coefficient (Wildman–Crippen LogP) is 5.45. The van der Waals surface area contributed by atoms with Crippen LogP contribution in [0.2, 0.25) is 0 Å². The van der Waals surface area contributed by atoms with Gasteiger partial charge in [-0.05, 0) is 48.9 Å². The van der Waals surface area contributed by atoms with Crippen molar-refractivity contribution in [2.45, 2.75) is 32.0 Å². The summed E-state index contributed by atoms with van der Waals surface area (Å²) >= 11 is 1.68. The summed E-state index contributed by atoms with van der Waals surface area (Å²) < 4.78 is 12.6. The molecular weight excluding hydrogens is 436 g/mol. The van der Waals surface area contributed by atoms with Crippen LogP contribution in [0.4, 0.5) is 0 Å². The second-order valence-corrected chi connectivity index (χ2v) is 8.71. The fourth-order valence-electron chi connectivity index (χ4n) is 3.39. The minimum atomic E-state index is -0.993. The number of hydrogen-bond acceptors (Lipinski definition) is 6. The van der Waals surface area contributed by atoms with E-state index >= 15 is 0 Å². The molecule has 0 amide bonds. The summed E-state index contributed by atoms with van der Waals surface area (Å²) in [4.78, 5) is 15.9. The van der Waals surface area contributed by atoms with Crippen LogP contribution in [-0.2, 0) is 11.3 Å². The molecule has 1 heterocycles. The molecule has 7 heteroatoms. The van der Waals surface area contributed by atoms with E-state index in [0.29, 0.717) is 18.9 Å². The molecule has 0 aliphatic heterocycles. The highest BCUT2D eigenvalue weighted by Gasteiger charge is 2.17. The Hall–Kier alpha value is -3.42. The topological polar surface area (TPSA) is 80.7 Å². The maximum atomic E-state index is 11.1. The number of hydrogen-bond donors (Lipinski definition) is 2. The van der Waals surface area contributed by atoms with Crippen molar-refractivity contribution in [3.8, 4) is 11.5 Å². The monoisotopic (exact) mass is 462 g/mol. The smallest absolute Gasteiger partial charge is 0.344 e. The van der Waals surface area contributed by atoms with Gasteiger partial charge >= 0.3 is 5.97 Å². The number of carboxylic acids is 1. The first-order valence-electron chi connectivity index (χ1n) is 10.8. The lowest BCUT2D eigenvalue weighted by molar-refractivity contribution is -0.144. The zero-order chi connectivity index (χ0) is 23.0. The molecule has 0 aliphatic rings. The third-order valence-corrected chi connectivity index (χ3v) is 6.29. The Kier molecular flexibility index (Phi) is 7.55. The molecule has 33 heavy (non-hydrogen) atoms. The highest BCUT2D eigenvalue weighted by Crippen LogP contribution is 2.28. The van der Waals surface area contributed by atoms with Crippen LogP contribution in [-0.4, -0.2) is 28.8 Å². The van der Waals surface area contributed by atoms with Crippen LogP contribution in [0.5, 0.6) is 11.5 Å². The Morgan fingerprint density at radius 2 is 1.79 bits per heavy atom. The molecule has 2 unspecified atom stereocenters. The van der Waals surface area contributed by atoms with E-state index in [1.165, 1.54) is 6.92 Å². The van der Waals surface area contributed by atoms with Crippen LogP contribution in [0.3, 0.4) is 0 Å². The zero-order valence-corrected chi connectivity index (χ0v) is 19.1. The molecular formula is C26H26N2O4S. The molecule has 170 valence electrons. The van der Waals surface area contributed by atoms with Crippen molar-refractivity contribution in [1.82, 2.24) is 10.3 Å². The summed E-state index contributed by atoms with van der Waals surface area (Å²) in [6.07, 6.45) is -0.153. The van der Waals surface area contributed by atoms with Crippen LogP contribution >= 0.6 is 11.3 Å². The van der Waals surface area contributed by atoms with E-state index in [4.69, 9.17) is 19.6 Å². The molecule has 6 nitrogen and oxygen atoms in total. The first kappa shape index (κ1) is 22.8. The van der Waals surface area contributed by atoms with Crippen LogP contribution in [0, 0.1) is 0 Å². The van der Waals surface area contributed by atoms with Crippen LogP contribution in [0.15, 0.2) is 78.9 Å². The van der Waals surface area contributed by atoms with Gasteiger partial charge in [-0.25, -0.2) is 9.78 Å². The number of carboxylic acid groups (broad SMARTS) is 1. The number of rotatable bonds is 11. The lowest BCUT2D eigenvalue weighted by atomic mass is 10.1. The summed E-state index contributed by atoms with van der Waals surface area (Å²) in [7, 11) is 0. The Morgan fingerprint density at radius 3 is 2.58 bits per heavy atom.